The summed E-state index contributed by atoms with van der Waals surface area (Å²) < 4.78 is 0. The first-order valence-electron chi connectivity index (χ1n) is 5.85. The minimum absolute atomic E-state index is 0.577. The van der Waals surface area contributed by atoms with Gasteiger partial charge in [-0.2, -0.15) is 0 Å². The predicted octanol–water partition coefficient (Wildman–Crippen LogP) is 1.73. The van der Waals surface area contributed by atoms with Gasteiger partial charge in [-0.25, -0.2) is 4.98 Å². The highest BCUT2D eigenvalue weighted by atomic mass is 15.0. The predicted molar refractivity (Wildman–Crippen MR) is 63.5 cm³/mol. The number of hydrogen-bond acceptors (Lipinski definition) is 3. The van der Waals surface area contributed by atoms with Crippen molar-refractivity contribution in [3.8, 4) is 0 Å². The van der Waals surface area contributed by atoms with Gasteiger partial charge in [0.15, 0.2) is 0 Å². The van der Waals surface area contributed by atoms with Crippen LogP contribution in [0.25, 0.3) is 11.0 Å². The number of hydrogen-bond donors (Lipinski definition) is 2. The third-order valence-electron chi connectivity index (χ3n) is 3.32. The Labute approximate surface area is 94.5 Å². The monoisotopic (exact) mass is 216 g/mol. The van der Waals surface area contributed by atoms with Crippen LogP contribution >= 0.6 is 0 Å². The van der Waals surface area contributed by atoms with Crippen molar-refractivity contribution in [1.29, 1.82) is 0 Å². The number of aromatic nitrogens is 3. The molecule has 1 aliphatic rings. The number of H-pyrrole nitrogens is 1. The maximum absolute atomic E-state index is 4.71. The van der Waals surface area contributed by atoms with Crippen molar-refractivity contribution in [2.45, 2.75) is 25.7 Å². The fraction of sp³-hybridized carbons (Fsp3) is 0.500. The van der Waals surface area contributed by atoms with Crippen molar-refractivity contribution < 1.29 is 0 Å². The minimum Gasteiger partial charge on any atom is -0.340 e. The molecule has 2 aromatic heterocycles. The van der Waals surface area contributed by atoms with Gasteiger partial charge in [0.05, 0.1) is 17.2 Å². The second-order valence-corrected chi connectivity index (χ2v) is 4.50. The second-order valence-electron chi connectivity index (χ2n) is 4.50. The van der Waals surface area contributed by atoms with Crippen LogP contribution in [0.3, 0.4) is 0 Å². The van der Waals surface area contributed by atoms with Crippen LogP contribution in [0.15, 0.2) is 12.4 Å². The molecule has 16 heavy (non-hydrogen) atoms. The van der Waals surface area contributed by atoms with E-state index in [-0.39, 0.29) is 0 Å². The standard InChI is InChI=1S/C12H16N4/c1-8-6-14-7-10-11(8)16-12(15-10)9-2-4-13-5-3-9/h6-7,9,13H,2-5H2,1H3,(H,15,16). The van der Waals surface area contributed by atoms with Gasteiger partial charge in [0.2, 0.25) is 0 Å². The quantitative estimate of drug-likeness (QED) is 0.763. The normalized spacial score (nSPS) is 18.1. The van der Waals surface area contributed by atoms with E-state index < -0.39 is 0 Å². The Balaban J connectivity index is 2.01. The first-order chi connectivity index (χ1) is 7.84. The number of fused-ring (bicyclic) bond motifs is 1. The summed E-state index contributed by atoms with van der Waals surface area (Å²) in [6.45, 7) is 4.25. The lowest BCUT2D eigenvalue weighted by atomic mass is 9.98. The summed E-state index contributed by atoms with van der Waals surface area (Å²) in [4.78, 5) is 12.3. The van der Waals surface area contributed by atoms with Gasteiger partial charge < -0.3 is 10.3 Å². The number of aromatic amines is 1. The number of rotatable bonds is 1. The molecule has 0 aromatic carbocycles. The third kappa shape index (κ3) is 1.59. The van der Waals surface area contributed by atoms with Crippen LogP contribution < -0.4 is 5.32 Å². The van der Waals surface area contributed by atoms with E-state index in [0.717, 1.165) is 35.5 Å². The van der Waals surface area contributed by atoms with Gasteiger partial charge >= 0.3 is 0 Å². The number of imidazole rings is 1. The van der Waals surface area contributed by atoms with E-state index in [9.17, 15) is 0 Å². The van der Waals surface area contributed by atoms with E-state index in [1.165, 1.54) is 12.8 Å². The van der Waals surface area contributed by atoms with Gasteiger partial charge in [0, 0.05) is 12.1 Å². The zero-order valence-electron chi connectivity index (χ0n) is 9.45. The van der Waals surface area contributed by atoms with Crippen molar-refractivity contribution >= 4 is 11.0 Å². The van der Waals surface area contributed by atoms with E-state index in [0.29, 0.717) is 5.92 Å². The Morgan fingerprint density at radius 3 is 2.81 bits per heavy atom. The van der Waals surface area contributed by atoms with Gasteiger partial charge in [-0.3, -0.25) is 4.98 Å². The number of nitrogens with zero attached hydrogens (tertiary/aromatic N) is 2. The molecule has 3 heterocycles. The average Bonchev–Trinajstić information content (AvgIpc) is 2.76. The first-order valence-corrected chi connectivity index (χ1v) is 5.85. The zero-order chi connectivity index (χ0) is 11.0. The topological polar surface area (TPSA) is 53.6 Å². The Kier molecular flexibility index (Phi) is 2.36. The molecule has 0 radical (unpaired) electrons. The van der Waals surface area contributed by atoms with Gasteiger partial charge in [0.25, 0.3) is 0 Å². The number of nitrogens with one attached hydrogen (secondary N) is 2. The second kappa shape index (κ2) is 3.87. The Bertz CT molecular complexity index is 497. The maximum Gasteiger partial charge on any atom is 0.110 e. The molecule has 0 amide bonds. The highest BCUT2D eigenvalue weighted by molar-refractivity contribution is 5.77. The third-order valence-corrected chi connectivity index (χ3v) is 3.32. The Hall–Kier alpha value is -1.42. The van der Waals surface area contributed by atoms with Crippen LogP contribution in [0, 0.1) is 6.92 Å². The Morgan fingerprint density at radius 2 is 2.06 bits per heavy atom. The van der Waals surface area contributed by atoms with Crippen molar-refractivity contribution in [1.82, 2.24) is 20.3 Å². The fourth-order valence-electron chi connectivity index (χ4n) is 2.37. The molecule has 4 heteroatoms. The van der Waals surface area contributed by atoms with Crippen LogP contribution in [0.5, 0.6) is 0 Å². The summed E-state index contributed by atoms with van der Waals surface area (Å²) >= 11 is 0. The van der Waals surface area contributed by atoms with Crippen LogP contribution in [0.2, 0.25) is 0 Å². The molecule has 0 saturated carbocycles. The van der Waals surface area contributed by atoms with E-state index in [1.807, 2.05) is 12.4 Å². The highest BCUT2D eigenvalue weighted by Crippen LogP contribution is 2.25. The smallest absolute Gasteiger partial charge is 0.110 e. The van der Waals surface area contributed by atoms with Crippen LogP contribution in [-0.2, 0) is 0 Å². The molecule has 3 rings (SSSR count). The molecular formula is C12H16N4. The van der Waals surface area contributed by atoms with Gasteiger partial charge in [-0.1, -0.05) is 0 Å². The molecule has 0 atom stereocenters. The zero-order valence-corrected chi connectivity index (χ0v) is 9.45. The summed E-state index contributed by atoms with van der Waals surface area (Å²) in [5, 5.41) is 3.38. The summed E-state index contributed by atoms with van der Waals surface area (Å²) in [6.07, 6.45) is 6.08. The molecule has 0 unspecified atom stereocenters. The molecular weight excluding hydrogens is 200 g/mol. The van der Waals surface area contributed by atoms with Crippen molar-refractivity contribution in [3.63, 3.8) is 0 Å². The molecule has 0 aliphatic carbocycles. The molecule has 2 aromatic rings. The van der Waals surface area contributed by atoms with Gasteiger partial charge in [-0.15, -0.1) is 0 Å². The number of pyridine rings is 1. The van der Waals surface area contributed by atoms with Gasteiger partial charge in [-0.05, 0) is 38.4 Å². The minimum atomic E-state index is 0.577. The van der Waals surface area contributed by atoms with Crippen LogP contribution in [0.4, 0.5) is 0 Å². The molecule has 0 spiro atoms. The van der Waals surface area contributed by atoms with Crippen molar-refractivity contribution in [3.05, 3.63) is 23.8 Å². The number of aryl methyl sites for hydroxylation is 1. The number of piperidine rings is 1. The summed E-state index contributed by atoms with van der Waals surface area (Å²) in [6, 6.07) is 0. The lowest BCUT2D eigenvalue weighted by molar-refractivity contribution is 0.448. The van der Waals surface area contributed by atoms with Crippen molar-refractivity contribution in [2.75, 3.05) is 13.1 Å². The SMILES string of the molecule is Cc1cncc2[nH]c(C3CCNCC3)nc12. The van der Waals surface area contributed by atoms with Crippen LogP contribution in [-0.4, -0.2) is 28.0 Å². The van der Waals surface area contributed by atoms with E-state index in [2.05, 4.69) is 22.2 Å². The first kappa shape index (κ1) is 9.78. The largest absolute Gasteiger partial charge is 0.340 e. The lowest BCUT2D eigenvalue weighted by Crippen LogP contribution is -2.27. The van der Waals surface area contributed by atoms with E-state index in [1.54, 1.807) is 0 Å². The lowest BCUT2D eigenvalue weighted by Gasteiger charge is -2.20. The van der Waals surface area contributed by atoms with E-state index in [4.69, 9.17) is 4.98 Å². The molecule has 4 nitrogen and oxygen atoms in total. The highest BCUT2D eigenvalue weighted by Gasteiger charge is 2.18. The molecule has 0 bridgehead atoms. The molecule has 1 saturated heterocycles. The molecule has 1 fully saturated rings. The Morgan fingerprint density at radius 1 is 1.25 bits per heavy atom. The fourth-order valence-corrected chi connectivity index (χ4v) is 2.37. The molecule has 1 aliphatic heterocycles. The summed E-state index contributed by atoms with van der Waals surface area (Å²) in [5.74, 6) is 1.71. The van der Waals surface area contributed by atoms with Crippen molar-refractivity contribution in [2.24, 2.45) is 0 Å². The maximum atomic E-state index is 4.71. The summed E-state index contributed by atoms with van der Waals surface area (Å²) in [7, 11) is 0. The van der Waals surface area contributed by atoms with E-state index >= 15 is 0 Å². The average molecular weight is 216 g/mol. The summed E-state index contributed by atoms with van der Waals surface area (Å²) in [5.41, 5.74) is 3.28. The van der Waals surface area contributed by atoms with Crippen LogP contribution in [0.1, 0.15) is 30.1 Å². The molecule has 2 N–H and O–H groups in total. The van der Waals surface area contributed by atoms with Gasteiger partial charge in [0.1, 0.15) is 5.82 Å². The molecule has 84 valence electrons.